The van der Waals surface area contributed by atoms with Crippen molar-refractivity contribution in [1.82, 2.24) is 0 Å². The third-order valence-electron chi connectivity index (χ3n) is 15.8. The molecule has 1 atom stereocenters. The van der Waals surface area contributed by atoms with E-state index in [0.717, 1.165) is 50.1 Å². The van der Waals surface area contributed by atoms with Crippen LogP contribution in [0.4, 0.5) is 17.1 Å². The molecule has 1 aromatic heterocycles. The summed E-state index contributed by atoms with van der Waals surface area (Å²) in [6.45, 7) is 4.75. The van der Waals surface area contributed by atoms with E-state index in [1.54, 1.807) is 0 Å². The lowest BCUT2D eigenvalue weighted by molar-refractivity contribution is 0.660. The molecule has 0 radical (unpaired) electrons. The molecule has 1 unspecified atom stereocenters. The minimum atomic E-state index is -0.582. The number of furan rings is 1. The van der Waals surface area contributed by atoms with E-state index >= 15 is 0 Å². The fraction of sp³-hybridized carbons (Fsp3) is 0.0606. The molecule has 15 rings (SSSR count). The van der Waals surface area contributed by atoms with Gasteiger partial charge in [-0.05, 0) is 136 Å². The van der Waals surface area contributed by atoms with Crippen LogP contribution in [0.1, 0.15) is 47.2 Å². The maximum Gasteiger partial charge on any atom is 0.143 e. The number of rotatable bonds is 4. The molecule has 3 aliphatic rings. The van der Waals surface area contributed by atoms with Crippen LogP contribution in [-0.4, -0.2) is 0 Å². The first-order valence-corrected chi connectivity index (χ1v) is 23.8. The monoisotopic (exact) mass is 865 g/mol. The topological polar surface area (TPSA) is 16.4 Å². The summed E-state index contributed by atoms with van der Waals surface area (Å²) in [5.41, 5.74) is 22.4. The van der Waals surface area contributed by atoms with Gasteiger partial charge in [-0.2, -0.15) is 0 Å². The number of nitrogens with zero attached hydrogens (tertiary/aromatic N) is 1. The average Bonchev–Trinajstić information content (AvgIpc) is 3.99. The number of anilines is 3. The minimum Gasteiger partial charge on any atom is -0.455 e. The molecule has 0 bridgehead atoms. The summed E-state index contributed by atoms with van der Waals surface area (Å²) in [5, 5.41) is 7.39. The van der Waals surface area contributed by atoms with Gasteiger partial charge in [-0.3, -0.25) is 0 Å². The Morgan fingerprint density at radius 1 is 0.353 bits per heavy atom. The summed E-state index contributed by atoms with van der Waals surface area (Å²) in [5.74, 6) is 0. The molecule has 0 N–H and O–H groups in total. The van der Waals surface area contributed by atoms with Crippen molar-refractivity contribution < 1.29 is 4.42 Å². The molecule has 68 heavy (non-hydrogen) atoms. The quantitative estimate of drug-likeness (QED) is 0.175. The second kappa shape index (κ2) is 13.6. The third-order valence-corrected chi connectivity index (χ3v) is 15.8. The van der Waals surface area contributed by atoms with Crippen molar-refractivity contribution in [2.24, 2.45) is 0 Å². The highest BCUT2D eigenvalue weighted by molar-refractivity contribution is 6.14. The van der Waals surface area contributed by atoms with Gasteiger partial charge in [0.15, 0.2) is 0 Å². The highest BCUT2D eigenvalue weighted by atomic mass is 16.3. The van der Waals surface area contributed by atoms with Gasteiger partial charge in [-0.1, -0.05) is 196 Å². The lowest BCUT2D eigenvalue weighted by Crippen LogP contribution is -2.32. The van der Waals surface area contributed by atoms with Crippen molar-refractivity contribution in [3.05, 3.63) is 258 Å². The number of hydrogen-bond donors (Lipinski definition) is 0. The van der Waals surface area contributed by atoms with E-state index in [0.29, 0.717) is 0 Å². The van der Waals surface area contributed by atoms with Crippen molar-refractivity contribution in [3.63, 3.8) is 0 Å². The van der Waals surface area contributed by atoms with Crippen LogP contribution >= 0.6 is 0 Å². The Hall–Kier alpha value is -8.46. The fourth-order valence-corrected chi connectivity index (χ4v) is 12.9. The van der Waals surface area contributed by atoms with E-state index in [-0.39, 0.29) is 5.41 Å². The van der Waals surface area contributed by atoms with Crippen LogP contribution in [0.5, 0.6) is 0 Å². The van der Waals surface area contributed by atoms with Crippen molar-refractivity contribution in [1.29, 1.82) is 0 Å². The van der Waals surface area contributed by atoms with E-state index in [4.69, 9.17) is 4.42 Å². The van der Waals surface area contributed by atoms with Crippen molar-refractivity contribution >= 4 is 60.5 Å². The van der Waals surface area contributed by atoms with Gasteiger partial charge in [0.1, 0.15) is 11.2 Å². The van der Waals surface area contributed by atoms with Crippen LogP contribution in [0.3, 0.4) is 0 Å². The van der Waals surface area contributed by atoms with Gasteiger partial charge in [-0.15, -0.1) is 0 Å². The van der Waals surface area contributed by atoms with E-state index in [1.807, 2.05) is 6.07 Å². The Kier molecular flexibility index (Phi) is 7.53. The third kappa shape index (κ3) is 4.86. The van der Waals surface area contributed by atoms with E-state index < -0.39 is 5.41 Å². The van der Waals surface area contributed by atoms with Gasteiger partial charge in [-0.25, -0.2) is 0 Å². The molecule has 318 valence electrons. The van der Waals surface area contributed by atoms with Crippen LogP contribution < -0.4 is 4.90 Å². The largest absolute Gasteiger partial charge is 0.455 e. The zero-order valence-corrected chi connectivity index (χ0v) is 37.7. The predicted octanol–water partition coefficient (Wildman–Crippen LogP) is 17.7. The lowest BCUT2D eigenvalue weighted by Gasteiger charge is -2.41. The summed E-state index contributed by atoms with van der Waals surface area (Å²) in [6, 6.07) is 84.0. The smallest absolute Gasteiger partial charge is 0.143 e. The molecule has 0 fully saturated rings. The predicted molar refractivity (Wildman–Crippen MR) is 283 cm³/mol. The van der Waals surface area contributed by atoms with E-state index in [1.165, 1.54) is 88.3 Å². The molecular formula is C66H43NO. The molecule has 1 heterocycles. The second-order valence-corrected chi connectivity index (χ2v) is 19.5. The van der Waals surface area contributed by atoms with Gasteiger partial charge in [0.2, 0.25) is 0 Å². The van der Waals surface area contributed by atoms with Crippen molar-refractivity contribution in [2.45, 2.75) is 24.7 Å². The SMILES string of the molecule is CC1(C)c2ccccc2-c2ccc(N(c3cccc(-c4cccc5c4oc4ccccc45)c3)c3ccc4c(c3)C3(c5ccccc5-4)c4ccc5ccccc5c4-c4cccc5cccc3c45)cc21. The lowest BCUT2D eigenvalue weighted by atomic mass is 9.61. The Labute approximate surface area is 395 Å². The first-order chi connectivity index (χ1) is 33.5. The molecule has 2 heteroatoms. The van der Waals surface area contributed by atoms with E-state index in [2.05, 4.69) is 237 Å². The van der Waals surface area contributed by atoms with Crippen molar-refractivity contribution in [2.75, 3.05) is 4.90 Å². The minimum absolute atomic E-state index is 0.170. The van der Waals surface area contributed by atoms with Gasteiger partial charge in [0.25, 0.3) is 0 Å². The first-order valence-electron chi connectivity index (χ1n) is 23.8. The zero-order chi connectivity index (χ0) is 44.9. The van der Waals surface area contributed by atoms with Gasteiger partial charge in [0.05, 0.1) is 5.41 Å². The average molecular weight is 866 g/mol. The van der Waals surface area contributed by atoms with Crippen LogP contribution in [0.25, 0.3) is 88.0 Å². The number of fused-ring (bicyclic) bond motifs is 17. The molecule has 3 aliphatic carbocycles. The van der Waals surface area contributed by atoms with Crippen LogP contribution in [0.15, 0.2) is 229 Å². The fourth-order valence-electron chi connectivity index (χ4n) is 12.9. The summed E-state index contributed by atoms with van der Waals surface area (Å²) >= 11 is 0. The number of benzene rings is 11. The van der Waals surface area contributed by atoms with Crippen LogP contribution in [-0.2, 0) is 10.8 Å². The van der Waals surface area contributed by atoms with Crippen LogP contribution in [0, 0.1) is 0 Å². The maximum absolute atomic E-state index is 6.65. The standard InChI is InChI=1S/C66H43NO/c1-65(2)55-27-8-5-21-48(55)50-34-32-44(38-59(50)65)67(43-19-11-18-42(37-43)47-24-14-25-53-52-23-7-10-30-61(52)68-64(47)53)45-33-35-51-49-22-6-9-28-56(49)66(60(51)39-45)57-29-13-17-41-16-12-26-54(62(41)57)63-46-20-4-3-15-40(46)31-36-58(63)66/h3-39H,1-2H3. The Morgan fingerprint density at radius 3 is 1.78 bits per heavy atom. The van der Waals surface area contributed by atoms with Crippen molar-refractivity contribution in [3.8, 4) is 44.5 Å². The molecule has 12 aromatic rings. The molecule has 2 nitrogen and oxygen atoms in total. The maximum atomic E-state index is 6.65. The molecule has 0 saturated heterocycles. The Bertz CT molecular complexity index is 4140. The Morgan fingerprint density at radius 2 is 0.926 bits per heavy atom. The normalized spacial score (nSPS) is 15.7. The first kappa shape index (κ1) is 37.7. The highest BCUT2D eigenvalue weighted by Crippen LogP contribution is 2.63. The highest BCUT2D eigenvalue weighted by Gasteiger charge is 2.50. The molecule has 0 amide bonds. The van der Waals surface area contributed by atoms with Crippen LogP contribution in [0.2, 0.25) is 0 Å². The number of para-hydroxylation sites is 2. The molecule has 11 aromatic carbocycles. The summed E-state index contributed by atoms with van der Waals surface area (Å²) < 4.78 is 6.65. The number of hydrogen-bond acceptors (Lipinski definition) is 2. The van der Waals surface area contributed by atoms with Gasteiger partial charge < -0.3 is 9.32 Å². The molecule has 0 saturated carbocycles. The van der Waals surface area contributed by atoms with Gasteiger partial charge in [0, 0.05) is 38.8 Å². The molecule has 1 spiro atoms. The Balaban J connectivity index is 1.01. The zero-order valence-electron chi connectivity index (χ0n) is 37.7. The van der Waals surface area contributed by atoms with Gasteiger partial charge >= 0.3 is 0 Å². The summed E-state index contributed by atoms with van der Waals surface area (Å²) in [7, 11) is 0. The summed E-state index contributed by atoms with van der Waals surface area (Å²) in [6.07, 6.45) is 0. The summed E-state index contributed by atoms with van der Waals surface area (Å²) in [4.78, 5) is 2.50. The van der Waals surface area contributed by atoms with E-state index in [9.17, 15) is 0 Å². The molecule has 0 aliphatic heterocycles. The second-order valence-electron chi connectivity index (χ2n) is 19.5. The molecular weight excluding hydrogens is 823 g/mol.